The Hall–Kier alpha value is -1.30. The van der Waals surface area contributed by atoms with Crippen molar-refractivity contribution in [2.75, 3.05) is 0 Å². The van der Waals surface area contributed by atoms with Gasteiger partial charge in [0.2, 0.25) is 0 Å². The molecular formula is C12H14F3NOS. The molecule has 1 atom stereocenters. The Morgan fingerprint density at radius 1 is 1.44 bits per heavy atom. The molecule has 0 saturated carbocycles. The summed E-state index contributed by atoms with van der Waals surface area (Å²) in [4.78, 5) is -0.280. The standard InChI is InChI=1S/C12H14F3NOS/c1-3-7(2)17-8-4-5-9(11(16)18)10(6-8)12(13,14)15/h4-7H,3H2,1-2H3,(H2,16,18). The first-order valence-electron chi connectivity index (χ1n) is 5.43. The minimum atomic E-state index is -4.51. The lowest BCUT2D eigenvalue weighted by Gasteiger charge is -2.16. The number of halogens is 3. The van der Waals surface area contributed by atoms with Crippen LogP contribution in [-0.4, -0.2) is 11.1 Å². The number of hydrogen-bond acceptors (Lipinski definition) is 2. The summed E-state index contributed by atoms with van der Waals surface area (Å²) in [6, 6.07) is 3.61. The Labute approximate surface area is 109 Å². The molecule has 0 bridgehead atoms. The molecule has 0 amide bonds. The van der Waals surface area contributed by atoms with Crippen molar-refractivity contribution >= 4 is 17.2 Å². The van der Waals surface area contributed by atoms with Crippen LogP contribution in [0.3, 0.4) is 0 Å². The van der Waals surface area contributed by atoms with E-state index in [0.29, 0.717) is 6.42 Å². The summed E-state index contributed by atoms with van der Waals surface area (Å²) in [5.41, 5.74) is 4.23. The molecule has 2 N–H and O–H groups in total. The normalized spacial score (nSPS) is 13.2. The molecule has 0 saturated heterocycles. The largest absolute Gasteiger partial charge is 0.491 e. The molecule has 0 aliphatic heterocycles. The van der Waals surface area contributed by atoms with Crippen molar-refractivity contribution in [3.63, 3.8) is 0 Å². The minimum absolute atomic E-state index is 0.151. The molecule has 100 valence electrons. The molecule has 1 aromatic carbocycles. The summed E-state index contributed by atoms with van der Waals surface area (Å²) in [7, 11) is 0. The highest BCUT2D eigenvalue weighted by molar-refractivity contribution is 7.80. The van der Waals surface area contributed by atoms with Gasteiger partial charge in [-0.1, -0.05) is 19.1 Å². The van der Waals surface area contributed by atoms with E-state index in [1.165, 1.54) is 12.1 Å². The molecule has 6 heteroatoms. The molecule has 0 radical (unpaired) electrons. The third-order valence-corrected chi connectivity index (χ3v) is 2.69. The van der Waals surface area contributed by atoms with Gasteiger partial charge in [0, 0.05) is 5.56 Å². The maximum Gasteiger partial charge on any atom is 0.417 e. The lowest BCUT2D eigenvalue weighted by molar-refractivity contribution is -0.137. The Morgan fingerprint density at radius 2 is 2.06 bits per heavy atom. The summed E-state index contributed by atoms with van der Waals surface area (Å²) in [5.74, 6) is 0.164. The predicted octanol–water partition coefficient (Wildman–Crippen LogP) is 3.52. The molecule has 1 aromatic rings. The number of hydrogen-bond donors (Lipinski definition) is 1. The van der Waals surface area contributed by atoms with Crippen LogP contribution in [0.2, 0.25) is 0 Å². The molecule has 18 heavy (non-hydrogen) atoms. The molecule has 0 aliphatic carbocycles. The molecule has 0 spiro atoms. The summed E-state index contributed by atoms with van der Waals surface area (Å²) in [5, 5.41) is 0. The molecule has 2 nitrogen and oxygen atoms in total. The van der Waals surface area contributed by atoms with Crippen LogP contribution in [0.25, 0.3) is 0 Å². The quantitative estimate of drug-likeness (QED) is 0.855. The summed E-state index contributed by atoms with van der Waals surface area (Å²) in [6.07, 6.45) is -3.95. The Balaban J connectivity index is 3.18. The maximum absolute atomic E-state index is 12.8. The summed E-state index contributed by atoms with van der Waals surface area (Å²) in [6.45, 7) is 3.67. The monoisotopic (exact) mass is 277 g/mol. The third kappa shape index (κ3) is 3.60. The van der Waals surface area contributed by atoms with Crippen molar-refractivity contribution in [2.24, 2.45) is 5.73 Å². The highest BCUT2D eigenvalue weighted by Crippen LogP contribution is 2.34. The van der Waals surface area contributed by atoms with E-state index in [1.807, 2.05) is 6.92 Å². The number of benzene rings is 1. The Kier molecular flexibility index (Phi) is 4.56. The van der Waals surface area contributed by atoms with Crippen LogP contribution in [0.15, 0.2) is 18.2 Å². The minimum Gasteiger partial charge on any atom is -0.491 e. The number of alkyl halides is 3. The second kappa shape index (κ2) is 5.56. The second-order valence-electron chi connectivity index (χ2n) is 3.91. The first-order chi connectivity index (χ1) is 8.25. The first-order valence-corrected chi connectivity index (χ1v) is 5.84. The maximum atomic E-state index is 12.8. The van der Waals surface area contributed by atoms with Crippen LogP contribution >= 0.6 is 12.2 Å². The van der Waals surface area contributed by atoms with Crippen LogP contribution < -0.4 is 10.5 Å². The van der Waals surface area contributed by atoms with Crippen molar-refractivity contribution < 1.29 is 17.9 Å². The lowest BCUT2D eigenvalue weighted by atomic mass is 10.1. The zero-order valence-electron chi connectivity index (χ0n) is 10.0. The van der Waals surface area contributed by atoms with Gasteiger partial charge in [-0.3, -0.25) is 0 Å². The summed E-state index contributed by atoms with van der Waals surface area (Å²) >= 11 is 4.61. The number of rotatable bonds is 4. The van der Waals surface area contributed by atoms with E-state index < -0.39 is 11.7 Å². The van der Waals surface area contributed by atoms with Gasteiger partial charge in [0.05, 0.1) is 11.7 Å². The van der Waals surface area contributed by atoms with Crippen molar-refractivity contribution in [3.05, 3.63) is 29.3 Å². The Bertz CT molecular complexity index is 445. The van der Waals surface area contributed by atoms with E-state index in [9.17, 15) is 13.2 Å². The number of ether oxygens (including phenoxy) is 1. The van der Waals surface area contributed by atoms with Gasteiger partial charge in [0.25, 0.3) is 0 Å². The average Bonchev–Trinajstić information content (AvgIpc) is 2.27. The van der Waals surface area contributed by atoms with E-state index in [4.69, 9.17) is 10.5 Å². The first kappa shape index (κ1) is 14.8. The molecule has 1 rings (SSSR count). The van der Waals surface area contributed by atoms with E-state index in [1.54, 1.807) is 6.92 Å². The van der Waals surface area contributed by atoms with E-state index in [-0.39, 0.29) is 22.4 Å². The highest BCUT2D eigenvalue weighted by atomic mass is 32.1. The zero-order chi connectivity index (χ0) is 13.9. The van der Waals surface area contributed by atoms with Gasteiger partial charge in [-0.15, -0.1) is 0 Å². The van der Waals surface area contributed by atoms with Crippen molar-refractivity contribution in [1.29, 1.82) is 0 Å². The third-order valence-electron chi connectivity index (χ3n) is 2.47. The van der Waals surface area contributed by atoms with Gasteiger partial charge in [-0.25, -0.2) is 0 Å². The Morgan fingerprint density at radius 3 is 2.50 bits per heavy atom. The lowest BCUT2D eigenvalue weighted by Crippen LogP contribution is -2.18. The van der Waals surface area contributed by atoms with E-state index in [2.05, 4.69) is 12.2 Å². The van der Waals surface area contributed by atoms with Crippen molar-refractivity contribution in [3.8, 4) is 5.75 Å². The summed E-state index contributed by atoms with van der Waals surface area (Å²) < 4.78 is 43.9. The highest BCUT2D eigenvalue weighted by Gasteiger charge is 2.34. The second-order valence-corrected chi connectivity index (χ2v) is 4.35. The van der Waals surface area contributed by atoms with Crippen LogP contribution in [0.5, 0.6) is 5.75 Å². The van der Waals surface area contributed by atoms with Crippen molar-refractivity contribution in [1.82, 2.24) is 0 Å². The molecule has 1 unspecified atom stereocenters. The molecular weight excluding hydrogens is 263 g/mol. The smallest absolute Gasteiger partial charge is 0.417 e. The molecule has 0 fully saturated rings. The molecule has 0 aromatic heterocycles. The van der Waals surface area contributed by atoms with Gasteiger partial charge >= 0.3 is 6.18 Å². The fourth-order valence-electron chi connectivity index (χ4n) is 1.36. The number of nitrogens with two attached hydrogens (primary N) is 1. The van der Waals surface area contributed by atoms with Gasteiger partial charge in [-0.2, -0.15) is 13.2 Å². The van der Waals surface area contributed by atoms with Gasteiger partial charge < -0.3 is 10.5 Å². The number of thiocarbonyl (C=S) groups is 1. The fourth-order valence-corrected chi connectivity index (χ4v) is 1.54. The van der Waals surface area contributed by atoms with Gasteiger partial charge in [0.1, 0.15) is 10.7 Å². The average molecular weight is 277 g/mol. The van der Waals surface area contributed by atoms with Crippen LogP contribution in [0.4, 0.5) is 13.2 Å². The zero-order valence-corrected chi connectivity index (χ0v) is 10.9. The van der Waals surface area contributed by atoms with Crippen molar-refractivity contribution in [2.45, 2.75) is 32.5 Å². The van der Waals surface area contributed by atoms with Gasteiger partial charge in [0.15, 0.2) is 0 Å². The van der Waals surface area contributed by atoms with Crippen LogP contribution in [-0.2, 0) is 6.18 Å². The van der Waals surface area contributed by atoms with Gasteiger partial charge in [-0.05, 0) is 31.5 Å². The topological polar surface area (TPSA) is 35.2 Å². The van der Waals surface area contributed by atoms with E-state index >= 15 is 0 Å². The van der Waals surface area contributed by atoms with E-state index in [0.717, 1.165) is 6.07 Å². The molecule has 0 aliphatic rings. The van der Waals surface area contributed by atoms with Crippen LogP contribution in [0, 0.1) is 0 Å². The molecule has 0 heterocycles. The van der Waals surface area contributed by atoms with Crippen LogP contribution in [0.1, 0.15) is 31.4 Å². The predicted molar refractivity (Wildman–Crippen MR) is 67.7 cm³/mol. The SMILES string of the molecule is CCC(C)Oc1ccc(C(N)=S)c(C(F)(F)F)c1. The fraction of sp³-hybridized carbons (Fsp3) is 0.417.